The van der Waals surface area contributed by atoms with Crippen LogP contribution in [0.1, 0.15) is 6.92 Å². The Morgan fingerprint density at radius 2 is 1.80 bits per heavy atom. The number of carbonyl (C=O) groups excluding carboxylic acids is 1. The molecule has 1 amide bonds. The molecular formula is C15H14Cl2N2O. The van der Waals surface area contributed by atoms with Crippen LogP contribution >= 0.6 is 23.2 Å². The van der Waals surface area contributed by atoms with Gasteiger partial charge < -0.3 is 10.6 Å². The van der Waals surface area contributed by atoms with E-state index in [-0.39, 0.29) is 5.91 Å². The predicted molar refractivity (Wildman–Crippen MR) is 84.6 cm³/mol. The maximum absolute atomic E-state index is 12.1. The van der Waals surface area contributed by atoms with E-state index in [9.17, 15) is 4.79 Å². The molecule has 0 fully saturated rings. The lowest BCUT2D eigenvalue weighted by molar-refractivity contribution is -0.116. The summed E-state index contributed by atoms with van der Waals surface area (Å²) >= 11 is 11.9. The monoisotopic (exact) mass is 308 g/mol. The predicted octanol–water partition coefficient (Wildman–Crippen LogP) is 4.43. The average molecular weight is 309 g/mol. The molecule has 0 saturated carbocycles. The van der Waals surface area contributed by atoms with Gasteiger partial charge in [0.1, 0.15) is 6.04 Å². The topological polar surface area (TPSA) is 41.1 Å². The van der Waals surface area contributed by atoms with E-state index in [2.05, 4.69) is 10.6 Å². The summed E-state index contributed by atoms with van der Waals surface area (Å²) in [4.78, 5) is 12.1. The van der Waals surface area contributed by atoms with Crippen LogP contribution in [0.4, 0.5) is 11.4 Å². The van der Waals surface area contributed by atoms with Crippen molar-refractivity contribution >= 4 is 40.5 Å². The standard InChI is InChI=1S/C15H14Cl2N2O/c1-10(18-12-5-3-2-4-6-12)15(20)19-14-9-11(16)7-8-13(14)17/h2-10,18H,1H3,(H,19,20)/t10-/m0/s1. The third-order valence-electron chi connectivity index (χ3n) is 2.74. The molecule has 0 aromatic heterocycles. The Hall–Kier alpha value is -1.71. The van der Waals surface area contributed by atoms with E-state index < -0.39 is 6.04 Å². The van der Waals surface area contributed by atoms with Crippen molar-refractivity contribution < 1.29 is 4.79 Å². The van der Waals surface area contributed by atoms with Gasteiger partial charge in [-0.2, -0.15) is 0 Å². The van der Waals surface area contributed by atoms with Gasteiger partial charge in [0.2, 0.25) is 5.91 Å². The van der Waals surface area contributed by atoms with E-state index in [4.69, 9.17) is 23.2 Å². The van der Waals surface area contributed by atoms with Gasteiger partial charge in [-0.1, -0.05) is 41.4 Å². The zero-order valence-corrected chi connectivity index (χ0v) is 12.4. The first-order valence-corrected chi connectivity index (χ1v) is 6.89. The molecule has 0 aliphatic heterocycles. The van der Waals surface area contributed by atoms with Crippen molar-refractivity contribution in [2.75, 3.05) is 10.6 Å². The smallest absolute Gasteiger partial charge is 0.246 e. The number of benzene rings is 2. The van der Waals surface area contributed by atoms with Crippen molar-refractivity contribution in [3.05, 3.63) is 58.6 Å². The molecule has 5 heteroatoms. The van der Waals surface area contributed by atoms with Crippen LogP contribution in [0.2, 0.25) is 10.0 Å². The minimum absolute atomic E-state index is 0.182. The Bertz CT molecular complexity index is 602. The Morgan fingerprint density at radius 3 is 2.50 bits per heavy atom. The number of anilines is 2. The molecule has 0 saturated heterocycles. The van der Waals surface area contributed by atoms with Gasteiger partial charge >= 0.3 is 0 Å². The fourth-order valence-electron chi connectivity index (χ4n) is 1.68. The Kier molecular flexibility index (Phi) is 4.88. The fraction of sp³-hybridized carbons (Fsp3) is 0.133. The maximum Gasteiger partial charge on any atom is 0.246 e. The SMILES string of the molecule is C[C@H](Nc1ccccc1)C(=O)Nc1cc(Cl)ccc1Cl. The summed E-state index contributed by atoms with van der Waals surface area (Å²) in [7, 11) is 0. The van der Waals surface area contributed by atoms with Crippen LogP contribution in [0, 0.1) is 0 Å². The Balaban J connectivity index is 2.02. The normalized spacial score (nSPS) is 11.8. The van der Waals surface area contributed by atoms with Gasteiger partial charge in [0.25, 0.3) is 0 Å². The number of nitrogens with one attached hydrogen (secondary N) is 2. The Morgan fingerprint density at radius 1 is 1.10 bits per heavy atom. The molecule has 0 bridgehead atoms. The van der Waals surface area contributed by atoms with Gasteiger partial charge in [-0.15, -0.1) is 0 Å². The molecule has 0 unspecified atom stereocenters. The van der Waals surface area contributed by atoms with E-state index in [1.165, 1.54) is 0 Å². The van der Waals surface area contributed by atoms with E-state index in [0.29, 0.717) is 15.7 Å². The lowest BCUT2D eigenvalue weighted by atomic mass is 10.2. The summed E-state index contributed by atoms with van der Waals surface area (Å²) in [6.45, 7) is 1.78. The fourth-order valence-corrected chi connectivity index (χ4v) is 2.02. The number of rotatable bonds is 4. The van der Waals surface area contributed by atoms with Gasteiger partial charge in [0, 0.05) is 10.7 Å². The van der Waals surface area contributed by atoms with Crippen molar-refractivity contribution in [2.24, 2.45) is 0 Å². The third-order valence-corrected chi connectivity index (χ3v) is 3.30. The van der Waals surface area contributed by atoms with Gasteiger partial charge in [0.15, 0.2) is 0 Å². The molecule has 2 aromatic carbocycles. The van der Waals surface area contributed by atoms with Crippen LogP contribution < -0.4 is 10.6 Å². The van der Waals surface area contributed by atoms with Crippen molar-refractivity contribution in [3.63, 3.8) is 0 Å². The molecule has 0 radical (unpaired) electrons. The largest absolute Gasteiger partial charge is 0.374 e. The summed E-state index contributed by atoms with van der Waals surface area (Å²) in [5.74, 6) is -0.182. The molecule has 0 aliphatic rings. The highest BCUT2D eigenvalue weighted by molar-refractivity contribution is 6.35. The lowest BCUT2D eigenvalue weighted by Gasteiger charge is -2.16. The zero-order chi connectivity index (χ0) is 14.5. The van der Waals surface area contributed by atoms with Crippen molar-refractivity contribution in [1.82, 2.24) is 0 Å². The van der Waals surface area contributed by atoms with E-state index in [1.54, 1.807) is 25.1 Å². The molecule has 1 atom stereocenters. The number of hydrogen-bond donors (Lipinski definition) is 2. The molecule has 0 spiro atoms. The molecule has 20 heavy (non-hydrogen) atoms. The summed E-state index contributed by atoms with van der Waals surface area (Å²) in [6.07, 6.45) is 0. The minimum Gasteiger partial charge on any atom is -0.374 e. The first kappa shape index (κ1) is 14.7. The highest BCUT2D eigenvalue weighted by Crippen LogP contribution is 2.25. The highest BCUT2D eigenvalue weighted by Gasteiger charge is 2.14. The number of amides is 1. The van der Waals surface area contributed by atoms with Crippen LogP contribution in [0.3, 0.4) is 0 Å². The van der Waals surface area contributed by atoms with Crippen LogP contribution in [0.25, 0.3) is 0 Å². The zero-order valence-electron chi connectivity index (χ0n) is 10.9. The van der Waals surface area contributed by atoms with Crippen LogP contribution in [-0.2, 0) is 4.79 Å². The second kappa shape index (κ2) is 6.64. The van der Waals surface area contributed by atoms with Crippen molar-refractivity contribution in [1.29, 1.82) is 0 Å². The quantitative estimate of drug-likeness (QED) is 0.877. The molecule has 2 aromatic rings. The van der Waals surface area contributed by atoms with Gasteiger partial charge in [-0.05, 0) is 37.3 Å². The summed E-state index contributed by atoms with van der Waals surface area (Å²) in [5.41, 5.74) is 1.39. The molecule has 2 rings (SSSR count). The maximum atomic E-state index is 12.1. The Labute approximate surface area is 127 Å². The first-order chi connectivity index (χ1) is 9.56. The number of halogens is 2. The molecule has 104 valence electrons. The number of para-hydroxylation sites is 1. The van der Waals surface area contributed by atoms with Crippen molar-refractivity contribution in [2.45, 2.75) is 13.0 Å². The van der Waals surface area contributed by atoms with E-state index in [1.807, 2.05) is 30.3 Å². The molecule has 0 aliphatic carbocycles. The van der Waals surface area contributed by atoms with Gasteiger partial charge in [-0.25, -0.2) is 0 Å². The summed E-state index contributed by atoms with van der Waals surface area (Å²) in [6, 6.07) is 14.1. The number of carbonyl (C=O) groups is 1. The molecule has 3 nitrogen and oxygen atoms in total. The summed E-state index contributed by atoms with van der Waals surface area (Å²) < 4.78 is 0. The molecule has 0 heterocycles. The average Bonchev–Trinajstić information content (AvgIpc) is 2.44. The first-order valence-electron chi connectivity index (χ1n) is 6.14. The minimum atomic E-state index is -0.396. The van der Waals surface area contributed by atoms with Crippen LogP contribution in [-0.4, -0.2) is 11.9 Å². The van der Waals surface area contributed by atoms with Crippen LogP contribution in [0.5, 0.6) is 0 Å². The molecular weight excluding hydrogens is 295 g/mol. The summed E-state index contributed by atoms with van der Waals surface area (Å²) in [5, 5.41) is 6.84. The van der Waals surface area contributed by atoms with E-state index in [0.717, 1.165) is 5.69 Å². The van der Waals surface area contributed by atoms with E-state index >= 15 is 0 Å². The van der Waals surface area contributed by atoms with Crippen molar-refractivity contribution in [3.8, 4) is 0 Å². The van der Waals surface area contributed by atoms with Crippen LogP contribution in [0.15, 0.2) is 48.5 Å². The highest BCUT2D eigenvalue weighted by atomic mass is 35.5. The lowest BCUT2D eigenvalue weighted by Crippen LogP contribution is -2.31. The number of hydrogen-bond acceptors (Lipinski definition) is 2. The molecule has 2 N–H and O–H groups in total. The second-order valence-electron chi connectivity index (χ2n) is 4.35. The third kappa shape index (κ3) is 3.89. The van der Waals surface area contributed by atoms with Gasteiger partial charge in [-0.3, -0.25) is 4.79 Å². The second-order valence-corrected chi connectivity index (χ2v) is 5.19. The van der Waals surface area contributed by atoms with Gasteiger partial charge in [0.05, 0.1) is 10.7 Å².